The van der Waals surface area contributed by atoms with Crippen molar-refractivity contribution in [3.8, 4) is 0 Å². The Morgan fingerprint density at radius 2 is 2.25 bits per heavy atom. The second kappa shape index (κ2) is 5.38. The molecule has 0 fully saturated rings. The highest BCUT2D eigenvalue weighted by atomic mass is 16.5. The van der Waals surface area contributed by atoms with E-state index in [-0.39, 0.29) is 12.1 Å². The van der Waals surface area contributed by atoms with E-state index < -0.39 is 0 Å². The van der Waals surface area contributed by atoms with Gasteiger partial charge in [0.1, 0.15) is 0 Å². The van der Waals surface area contributed by atoms with Crippen LogP contribution in [0.2, 0.25) is 0 Å². The van der Waals surface area contributed by atoms with Gasteiger partial charge in [-0.1, -0.05) is 24.3 Å². The van der Waals surface area contributed by atoms with E-state index in [9.17, 15) is 0 Å². The largest absolute Gasteiger partial charge is 0.372 e. The molecule has 2 unspecified atom stereocenters. The van der Waals surface area contributed by atoms with Crippen molar-refractivity contribution in [3.05, 3.63) is 52.8 Å². The average molecular weight is 271 g/mol. The van der Waals surface area contributed by atoms with Crippen molar-refractivity contribution in [3.63, 3.8) is 0 Å². The molecule has 2 heterocycles. The van der Waals surface area contributed by atoms with Crippen LogP contribution in [0, 0.1) is 6.92 Å². The third kappa shape index (κ3) is 2.49. The molecule has 0 saturated heterocycles. The second-order valence-corrected chi connectivity index (χ2v) is 5.51. The molecule has 0 saturated carbocycles. The summed E-state index contributed by atoms with van der Waals surface area (Å²) < 4.78 is 7.84. The van der Waals surface area contributed by atoms with Crippen LogP contribution in [-0.2, 0) is 24.6 Å². The van der Waals surface area contributed by atoms with Crippen LogP contribution in [0.25, 0.3) is 0 Å². The molecule has 4 nitrogen and oxygen atoms in total. The van der Waals surface area contributed by atoms with Crippen LogP contribution in [0.1, 0.15) is 28.6 Å². The Balaban J connectivity index is 1.81. The van der Waals surface area contributed by atoms with Gasteiger partial charge in [-0.3, -0.25) is 4.68 Å². The number of nitrogens with two attached hydrogens (primary N) is 1. The van der Waals surface area contributed by atoms with Gasteiger partial charge in [-0.25, -0.2) is 0 Å². The van der Waals surface area contributed by atoms with Crippen molar-refractivity contribution in [2.24, 2.45) is 12.8 Å². The Morgan fingerprint density at radius 1 is 1.45 bits per heavy atom. The highest BCUT2D eigenvalue weighted by Gasteiger charge is 2.27. The normalized spacial score (nSPS) is 19.6. The summed E-state index contributed by atoms with van der Waals surface area (Å²) in [4.78, 5) is 0. The monoisotopic (exact) mass is 271 g/mol. The minimum atomic E-state index is -0.0498. The van der Waals surface area contributed by atoms with Crippen molar-refractivity contribution < 1.29 is 4.74 Å². The SMILES string of the molecule is Cc1cc(CC(N)C2OCCc3ccccc32)n(C)n1. The van der Waals surface area contributed by atoms with Gasteiger partial charge in [-0.2, -0.15) is 5.10 Å². The second-order valence-electron chi connectivity index (χ2n) is 5.51. The van der Waals surface area contributed by atoms with Gasteiger partial charge in [-0.05, 0) is 30.5 Å². The summed E-state index contributed by atoms with van der Waals surface area (Å²) in [5.74, 6) is 0. The van der Waals surface area contributed by atoms with Gasteiger partial charge in [0.05, 0.1) is 18.4 Å². The fourth-order valence-electron chi connectivity index (χ4n) is 2.98. The van der Waals surface area contributed by atoms with Gasteiger partial charge in [0.15, 0.2) is 0 Å². The Hall–Kier alpha value is -1.65. The molecule has 1 aromatic heterocycles. The molecule has 0 aliphatic carbocycles. The molecule has 3 rings (SSSR count). The summed E-state index contributed by atoms with van der Waals surface area (Å²) in [5.41, 5.74) is 11.2. The van der Waals surface area contributed by atoms with E-state index in [0.29, 0.717) is 0 Å². The first-order valence-electron chi connectivity index (χ1n) is 7.09. The molecular weight excluding hydrogens is 250 g/mol. The number of aromatic nitrogens is 2. The predicted octanol–water partition coefficient (Wildman–Crippen LogP) is 1.91. The van der Waals surface area contributed by atoms with Gasteiger partial charge in [-0.15, -0.1) is 0 Å². The first-order valence-corrected chi connectivity index (χ1v) is 7.09. The number of rotatable bonds is 3. The van der Waals surface area contributed by atoms with Gasteiger partial charge < -0.3 is 10.5 Å². The zero-order valence-corrected chi connectivity index (χ0v) is 12.0. The first kappa shape index (κ1) is 13.3. The lowest BCUT2D eigenvalue weighted by Gasteiger charge is -2.30. The standard InChI is InChI=1S/C16H21N3O/c1-11-9-13(19(2)18-11)10-15(17)16-14-6-4-3-5-12(14)7-8-20-16/h3-6,9,15-16H,7-8,10,17H2,1-2H3. The van der Waals surface area contributed by atoms with E-state index in [1.165, 1.54) is 11.1 Å². The Bertz CT molecular complexity index is 606. The number of fused-ring (bicyclic) bond motifs is 1. The fraction of sp³-hybridized carbons (Fsp3) is 0.438. The van der Waals surface area contributed by atoms with E-state index in [2.05, 4.69) is 35.4 Å². The average Bonchev–Trinajstić information content (AvgIpc) is 2.76. The van der Waals surface area contributed by atoms with Gasteiger partial charge in [0.25, 0.3) is 0 Å². The van der Waals surface area contributed by atoms with Gasteiger partial charge >= 0.3 is 0 Å². The zero-order chi connectivity index (χ0) is 14.1. The summed E-state index contributed by atoms with van der Waals surface area (Å²) in [7, 11) is 1.96. The van der Waals surface area contributed by atoms with Crippen molar-refractivity contribution >= 4 is 0 Å². The molecule has 0 bridgehead atoms. The minimum absolute atomic E-state index is 0.0184. The van der Waals surface area contributed by atoms with E-state index in [1.54, 1.807) is 0 Å². The minimum Gasteiger partial charge on any atom is -0.372 e. The van der Waals surface area contributed by atoms with Crippen molar-refractivity contribution in [1.29, 1.82) is 0 Å². The molecule has 2 aromatic rings. The van der Waals surface area contributed by atoms with E-state index >= 15 is 0 Å². The molecule has 2 atom stereocenters. The van der Waals surface area contributed by atoms with Crippen LogP contribution in [0.15, 0.2) is 30.3 Å². The highest BCUT2D eigenvalue weighted by Crippen LogP contribution is 2.30. The maximum atomic E-state index is 6.41. The third-order valence-corrected chi connectivity index (χ3v) is 3.96. The summed E-state index contributed by atoms with van der Waals surface area (Å²) in [6.45, 7) is 2.75. The van der Waals surface area contributed by atoms with Gasteiger partial charge in [0.2, 0.25) is 0 Å². The molecule has 20 heavy (non-hydrogen) atoms. The summed E-state index contributed by atoms with van der Waals surface area (Å²) in [5, 5.41) is 4.37. The van der Waals surface area contributed by atoms with Crippen LogP contribution < -0.4 is 5.73 Å². The van der Waals surface area contributed by atoms with Crippen LogP contribution in [0.4, 0.5) is 0 Å². The van der Waals surface area contributed by atoms with Crippen molar-refractivity contribution in [1.82, 2.24) is 9.78 Å². The lowest BCUT2D eigenvalue weighted by molar-refractivity contribution is 0.0242. The Labute approximate surface area is 119 Å². The number of hydrogen-bond donors (Lipinski definition) is 1. The Morgan fingerprint density at radius 3 is 3.00 bits per heavy atom. The molecule has 0 radical (unpaired) electrons. The molecule has 1 aliphatic heterocycles. The number of nitrogens with zero attached hydrogens (tertiary/aromatic N) is 2. The highest BCUT2D eigenvalue weighted by molar-refractivity contribution is 5.32. The molecule has 1 aromatic carbocycles. The van der Waals surface area contributed by atoms with Crippen LogP contribution in [-0.4, -0.2) is 22.4 Å². The van der Waals surface area contributed by atoms with Crippen LogP contribution >= 0.6 is 0 Å². The molecular formula is C16H21N3O. The fourth-order valence-corrected chi connectivity index (χ4v) is 2.98. The Kier molecular flexibility index (Phi) is 3.59. The lowest BCUT2D eigenvalue weighted by Crippen LogP contribution is -2.36. The lowest BCUT2D eigenvalue weighted by atomic mass is 9.91. The molecule has 2 N–H and O–H groups in total. The summed E-state index contributed by atoms with van der Waals surface area (Å²) >= 11 is 0. The molecule has 4 heteroatoms. The topological polar surface area (TPSA) is 53.1 Å². The zero-order valence-electron chi connectivity index (χ0n) is 12.0. The van der Waals surface area contributed by atoms with E-state index in [4.69, 9.17) is 10.5 Å². The van der Waals surface area contributed by atoms with E-state index in [1.807, 2.05) is 18.7 Å². The molecule has 0 spiro atoms. The van der Waals surface area contributed by atoms with Gasteiger partial charge in [0, 0.05) is 25.2 Å². The third-order valence-electron chi connectivity index (χ3n) is 3.96. The van der Waals surface area contributed by atoms with E-state index in [0.717, 1.165) is 30.8 Å². The first-order chi connectivity index (χ1) is 9.65. The summed E-state index contributed by atoms with van der Waals surface area (Å²) in [6, 6.07) is 10.5. The smallest absolute Gasteiger partial charge is 0.0982 e. The quantitative estimate of drug-likeness (QED) is 0.928. The number of ether oxygens (including phenoxy) is 1. The van der Waals surface area contributed by atoms with Crippen molar-refractivity contribution in [2.75, 3.05) is 6.61 Å². The number of aryl methyl sites for hydroxylation is 2. The number of benzene rings is 1. The van der Waals surface area contributed by atoms with Crippen molar-refractivity contribution in [2.45, 2.75) is 31.9 Å². The molecule has 106 valence electrons. The molecule has 0 amide bonds. The maximum Gasteiger partial charge on any atom is 0.0982 e. The van der Waals surface area contributed by atoms with Crippen LogP contribution in [0.3, 0.4) is 0 Å². The molecule has 1 aliphatic rings. The maximum absolute atomic E-state index is 6.41. The predicted molar refractivity (Wildman–Crippen MR) is 78.5 cm³/mol. The number of hydrogen-bond acceptors (Lipinski definition) is 3. The van der Waals surface area contributed by atoms with Crippen LogP contribution in [0.5, 0.6) is 0 Å². The summed E-state index contributed by atoms with van der Waals surface area (Å²) in [6.07, 6.45) is 1.73.